The number of anilines is 3. The maximum atomic E-state index is 13.8. The van der Waals surface area contributed by atoms with Crippen LogP contribution in [0.2, 0.25) is 0 Å². The van der Waals surface area contributed by atoms with Crippen molar-refractivity contribution in [3.05, 3.63) is 70.8 Å². The number of alkyl halides is 8. The molecule has 2 aromatic heterocycles. The molecule has 0 unspecified atom stereocenters. The predicted molar refractivity (Wildman–Crippen MR) is 146 cm³/mol. The Bertz CT molecular complexity index is 1680. The molecular weight excluding hydrogens is 620 g/mol. The molecule has 0 bridgehead atoms. The van der Waals surface area contributed by atoms with E-state index in [0.717, 1.165) is 42.5 Å². The van der Waals surface area contributed by atoms with Gasteiger partial charge in [-0.05, 0) is 48.0 Å². The average Bonchev–Trinajstić information content (AvgIpc) is 3.34. The van der Waals surface area contributed by atoms with E-state index in [1.54, 1.807) is 13.8 Å². The van der Waals surface area contributed by atoms with Gasteiger partial charge < -0.3 is 25.7 Å². The summed E-state index contributed by atoms with van der Waals surface area (Å²) in [7, 11) is 0. The van der Waals surface area contributed by atoms with Crippen molar-refractivity contribution in [2.45, 2.75) is 39.2 Å². The number of imidazole rings is 1. The normalized spacial score (nSPS) is 12.1. The quantitative estimate of drug-likeness (QED) is 0.139. The van der Waals surface area contributed by atoms with E-state index in [1.807, 2.05) is 0 Å². The number of nitrogens with one attached hydrogen (secondary N) is 4. The Labute approximate surface area is 249 Å². The van der Waals surface area contributed by atoms with E-state index in [9.17, 15) is 44.7 Å². The summed E-state index contributed by atoms with van der Waals surface area (Å²) >= 11 is 0. The fourth-order valence-corrected chi connectivity index (χ4v) is 3.91. The van der Waals surface area contributed by atoms with Gasteiger partial charge in [-0.25, -0.2) is 8.78 Å². The molecule has 0 saturated carbocycles. The van der Waals surface area contributed by atoms with Gasteiger partial charge in [0.15, 0.2) is 12.3 Å². The van der Waals surface area contributed by atoms with Crippen LogP contribution in [-0.2, 0) is 23.7 Å². The van der Waals surface area contributed by atoms with Gasteiger partial charge in [-0.15, -0.1) is 0 Å². The fourth-order valence-electron chi connectivity index (χ4n) is 3.91. The van der Waals surface area contributed by atoms with Crippen molar-refractivity contribution in [3.63, 3.8) is 0 Å². The zero-order chi connectivity index (χ0) is 33.1. The van der Waals surface area contributed by atoms with E-state index in [0.29, 0.717) is 5.56 Å². The number of amides is 2. The number of carbonyl (C=O) groups excluding carboxylic acids is 2. The van der Waals surface area contributed by atoms with Gasteiger partial charge in [0, 0.05) is 18.2 Å². The van der Waals surface area contributed by atoms with Crippen molar-refractivity contribution in [1.82, 2.24) is 20.3 Å². The van der Waals surface area contributed by atoms with E-state index < -0.39 is 59.5 Å². The van der Waals surface area contributed by atoms with Crippen molar-refractivity contribution in [3.8, 4) is 5.88 Å². The SMILES string of the molecule is CC(C)C(=O)NCc1ccc(C(F)(F)F)c(Nc2nc3nc(OCC(F)F)c(C(=O)Nc4ccc(C(F)(F)F)cc4)cc3[nH]2)c1. The van der Waals surface area contributed by atoms with Crippen molar-refractivity contribution in [2.24, 2.45) is 5.92 Å². The smallest absolute Gasteiger partial charge is 0.418 e. The summed E-state index contributed by atoms with van der Waals surface area (Å²) in [5.41, 5.74) is -2.86. The number of fused-ring (bicyclic) bond motifs is 1. The van der Waals surface area contributed by atoms with Crippen molar-refractivity contribution in [1.29, 1.82) is 0 Å². The number of nitrogens with zero attached hydrogens (tertiary/aromatic N) is 2. The summed E-state index contributed by atoms with van der Waals surface area (Å²) in [4.78, 5) is 35.6. The molecule has 0 aliphatic heterocycles. The van der Waals surface area contributed by atoms with Crippen LogP contribution in [0.3, 0.4) is 0 Å². The molecule has 4 rings (SSSR count). The lowest BCUT2D eigenvalue weighted by Crippen LogP contribution is -2.27. The lowest BCUT2D eigenvalue weighted by molar-refractivity contribution is -0.138. The van der Waals surface area contributed by atoms with E-state index in [2.05, 4.69) is 30.9 Å². The summed E-state index contributed by atoms with van der Waals surface area (Å²) < 4.78 is 111. The number of H-pyrrole nitrogens is 1. The monoisotopic (exact) mass is 644 g/mol. The third kappa shape index (κ3) is 8.36. The zero-order valence-electron chi connectivity index (χ0n) is 23.3. The third-order valence-corrected chi connectivity index (χ3v) is 6.13. The first kappa shape index (κ1) is 32.9. The number of halogens is 8. The van der Waals surface area contributed by atoms with Gasteiger partial charge in [-0.2, -0.15) is 36.3 Å². The molecule has 0 saturated heterocycles. The van der Waals surface area contributed by atoms with Crippen LogP contribution < -0.4 is 20.7 Å². The molecule has 0 spiro atoms. The first-order chi connectivity index (χ1) is 21.0. The molecule has 2 heterocycles. The highest BCUT2D eigenvalue weighted by atomic mass is 19.4. The van der Waals surface area contributed by atoms with Crippen molar-refractivity contribution in [2.75, 3.05) is 17.2 Å². The second kappa shape index (κ2) is 13.0. The average molecular weight is 645 g/mol. The maximum absolute atomic E-state index is 13.8. The van der Waals surface area contributed by atoms with Gasteiger partial charge in [0.1, 0.15) is 5.56 Å². The lowest BCUT2D eigenvalue weighted by atomic mass is 10.1. The Hall–Kier alpha value is -4.96. The first-order valence-electron chi connectivity index (χ1n) is 13.1. The summed E-state index contributed by atoms with van der Waals surface area (Å²) in [5, 5.41) is 7.42. The van der Waals surface area contributed by atoms with Crippen LogP contribution in [0.4, 0.5) is 52.4 Å². The maximum Gasteiger partial charge on any atom is 0.418 e. The number of pyridine rings is 1. The Balaban J connectivity index is 1.66. The van der Waals surface area contributed by atoms with Gasteiger partial charge in [0.25, 0.3) is 12.3 Å². The minimum Gasteiger partial charge on any atom is -0.471 e. The molecule has 45 heavy (non-hydrogen) atoms. The van der Waals surface area contributed by atoms with Gasteiger partial charge >= 0.3 is 12.4 Å². The minimum absolute atomic E-state index is 0.0200. The molecule has 2 aromatic carbocycles. The van der Waals surface area contributed by atoms with Crippen LogP contribution >= 0.6 is 0 Å². The van der Waals surface area contributed by atoms with Crippen LogP contribution in [0, 0.1) is 5.92 Å². The number of hydrogen-bond donors (Lipinski definition) is 4. The van der Waals surface area contributed by atoms with E-state index in [-0.39, 0.29) is 41.2 Å². The molecule has 0 aliphatic rings. The minimum atomic E-state index is -4.79. The highest BCUT2D eigenvalue weighted by molar-refractivity contribution is 6.07. The standard InChI is InChI=1S/C28H24F8N6O3/c1-13(2)23(43)37-11-14-3-8-18(28(34,35)36)19(9-14)39-26-40-20-10-17(25(41-22(20)42-26)45-12-21(29)30)24(44)38-16-6-4-15(5-7-16)27(31,32)33/h3-10,13,21H,11-12H2,1-2H3,(H,37,43)(H,38,44)(H2,39,40,41,42). The predicted octanol–water partition coefficient (Wildman–Crippen LogP) is 6.91. The molecule has 4 aromatic rings. The third-order valence-electron chi connectivity index (χ3n) is 6.13. The Morgan fingerprint density at radius 3 is 2.22 bits per heavy atom. The number of hydrogen-bond acceptors (Lipinski definition) is 6. The molecule has 0 radical (unpaired) electrons. The topological polar surface area (TPSA) is 121 Å². The van der Waals surface area contributed by atoms with E-state index >= 15 is 0 Å². The first-order valence-corrected chi connectivity index (χ1v) is 13.1. The molecule has 0 aliphatic carbocycles. The molecule has 4 N–H and O–H groups in total. The van der Waals surface area contributed by atoms with Gasteiger partial charge in [-0.3, -0.25) is 9.59 Å². The summed E-state index contributed by atoms with van der Waals surface area (Å²) in [5.74, 6) is -2.53. The van der Waals surface area contributed by atoms with Crippen molar-refractivity contribution < 1.29 is 49.4 Å². The molecule has 17 heteroatoms. The van der Waals surface area contributed by atoms with Crippen LogP contribution in [0.15, 0.2) is 48.5 Å². The highest BCUT2D eigenvalue weighted by Gasteiger charge is 2.34. The van der Waals surface area contributed by atoms with Gasteiger partial charge in [0.2, 0.25) is 17.7 Å². The number of ether oxygens (including phenoxy) is 1. The summed E-state index contributed by atoms with van der Waals surface area (Å²) in [6.07, 6.45) is -12.4. The van der Waals surface area contributed by atoms with Crippen LogP contribution in [0.5, 0.6) is 5.88 Å². The molecule has 240 valence electrons. The zero-order valence-corrected chi connectivity index (χ0v) is 23.3. The van der Waals surface area contributed by atoms with Gasteiger partial charge in [-0.1, -0.05) is 19.9 Å². The van der Waals surface area contributed by atoms with Crippen molar-refractivity contribution >= 4 is 40.3 Å². The molecular formula is C28H24F8N6O3. The van der Waals surface area contributed by atoms with Crippen LogP contribution in [0.1, 0.15) is 40.9 Å². The highest BCUT2D eigenvalue weighted by Crippen LogP contribution is 2.37. The summed E-state index contributed by atoms with van der Waals surface area (Å²) in [6.45, 7) is 2.06. The molecule has 0 atom stereocenters. The van der Waals surface area contributed by atoms with Crippen LogP contribution in [0.25, 0.3) is 11.2 Å². The molecule has 2 amide bonds. The fraction of sp³-hybridized carbons (Fsp3) is 0.286. The molecule has 0 fully saturated rings. The number of rotatable bonds is 10. The number of carbonyl (C=O) groups is 2. The second-order valence-electron chi connectivity index (χ2n) is 9.90. The molecule has 9 nitrogen and oxygen atoms in total. The number of aromatic amines is 1. The number of benzene rings is 2. The van der Waals surface area contributed by atoms with E-state index in [1.165, 1.54) is 6.07 Å². The second-order valence-corrected chi connectivity index (χ2v) is 9.90. The Kier molecular flexibility index (Phi) is 9.48. The largest absolute Gasteiger partial charge is 0.471 e. The van der Waals surface area contributed by atoms with Gasteiger partial charge in [0.05, 0.1) is 22.3 Å². The lowest BCUT2D eigenvalue weighted by Gasteiger charge is -2.15. The van der Waals surface area contributed by atoms with Crippen LogP contribution in [-0.4, -0.2) is 39.8 Å². The number of aromatic nitrogens is 3. The Morgan fingerprint density at radius 1 is 0.933 bits per heavy atom. The van der Waals surface area contributed by atoms with E-state index in [4.69, 9.17) is 4.74 Å². The summed E-state index contributed by atoms with van der Waals surface area (Å²) in [6, 6.07) is 7.66. The Morgan fingerprint density at radius 2 is 1.62 bits per heavy atom.